The van der Waals surface area contributed by atoms with E-state index in [4.69, 9.17) is 9.63 Å². The van der Waals surface area contributed by atoms with E-state index in [0.717, 1.165) is 0 Å². The van der Waals surface area contributed by atoms with Crippen molar-refractivity contribution in [3.8, 4) is 0 Å². The van der Waals surface area contributed by atoms with Crippen molar-refractivity contribution in [3.05, 3.63) is 12.2 Å². The predicted octanol–water partition coefficient (Wildman–Crippen LogP) is 0.412. The Bertz CT molecular complexity index is 420. The van der Waals surface area contributed by atoms with E-state index in [2.05, 4.69) is 20.8 Å². The lowest BCUT2D eigenvalue weighted by molar-refractivity contribution is -0.147. The van der Waals surface area contributed by atoms with E-state index in [0.29, 0.717) is 25.3 Å². The lowest BCUT2D eigenvalue weighted by Crippen LogP contribution is -2.45. The summed E-state index contributed by atoms with van der Waals surface area (Å²) in [5, 5.41) is 17.6. The first kappa shape index (κ1) is 14.9. The molecule has 0 saturated carbocycles. The molecule has 106 valence electrons. The largest absolute Gasteiger partial charge is 0.481 e. The quantitative estimate of drug-likeness (QED) is 0.660. The third-order valence-corrected chi connectivity index (χ3v) is 2.97. The van der Waals surface area contributed by atoms with Crippen LogP contribution in [0.1, 0.15) is 26.2 Å². The fourth-order valence-electron chi connectivity index (χ4n) is 1.28. The average Bonchev–Trinajstić information content (AvgIpc) is 2.89. The highest BCUT2D eigenvalue weighted by Gasteiger charge is 2.31. The second-order valence-corrected chi connectivity index (χ2v) is 4.41. The summed E-state index contributed by atoms with van der Waals surface area (Å²) in [5.74, 6) is -0.495. The summed E-state index contributed by atoms with van der Waals surface area (Å²) in [7, 11) is 0. The zero-order valence-electron chi connectivity index (χ0n) is 11.0. The molecule has 0 fully saturated rings. The average molecular weight is 270 g/mol. The van der Waals surface area contributed by atoms with Gasteiger partial charge in [-0.1, -0.05) is 12.1 Å². The highest BCUT2D eigenvalue weighted by molar-refractivity contribution is 5.77. The fraction of sp³-hybridized carbons (Fsp3) is 0.636. The lowest BCUT2D eigenvalue weighted by Gasteiger charge is -2.23. The van der Waals surface area contributed by atoms with Gasteiger partial charge in [-0.25, -0.2) is 4.79 Å². The highest BCUT2D eigenvalue weighted by atomic mass is 16.5. The molecule has 2 amide bonds. The second-order valence-electron chi connectivity index (χ2n) is 4.41. The van der Waals surface area contributed by atoms with Crippen LogP contribution in [0.15, 0.2) is 10.9 Å². The monoisotopic (exact) mass is 270 g/mol. The minimum Gasteiger partial charge on any atom is -0.481 e. The van der Waals surface area contributed by atoms with Crippen LogP contribution in [0, 0.1) is 5.41 Å². The minimum atomic E-state index is -0.955. The molecule has 8 nitrogen and oxygen atoms in total. The van der Waals surface area contributed by atoms with Crippen molar-refractivity contribution in [2.75, 3.05) is 13.1 Å². The van der Waals surface area contributed by atoms with Crippen LogP contribution in [0.4, 0.5) is 4.79 Å². The molecule has 0 bridgehead atoms. The van der Waals surface area contributed by atoms with Crippen molar-refractivity contribution in [2.24, 2.45) is 5.41 Å². The minimum absolute atomic E-state index is 0.0746. The van der Waals surface area contributed by atoms with Gasteiger partial charge in [0.25, 0.3) is 0 Å². The molecule has 1 aromatic rings. The van der Waals surface area contributed by atoms with Crippen molar-refractivity contribution >= 4 is 12.0 Å². The molecular formula is C11H18N4O4. The number of aromatic nitrogens is 2. The third-order valence-electron chi connectivity index (χ3n) is 2.97. The van der Waals surface area contributed by atoms with Gasteiger partial charge >= 0.3 is 12.0 Å². The molecule has 1 aromatic heterocycles. The number of urea groups is 1. The smallest absolute Gasteiger partial charge is 0.314 e. The number of hydrogen-bond donors (Lipinski definition) is 3. The molecule has 8 heteroatoms. The van der Waals surface area contributed by atoms with Gasteiger partial charge in [0.15, 0.2) is 6.33 Å². The Kier molecular flexibility index (Phi) is 5.28. The SMILES string of the molecule is CCC(C)(CNC(=O)NCCc1ncno1)C(=O)O. The van der Waals surface area contributed by atoms with Crippen LogP contribution in [0.3, 0.4) is 0 Å². The van der Waals surface area contributed by atoms with E-state index >= 15 is 0 Å². The van der Waals surface area contributed by atoms with E-state index in [1.54, 1.807) is 13.8 Å². The van der Waals surface area contributed by atoms with Crippen LogP contribution >= 0.6 is 0 Å². The van der Waals surface area contributed by atoms with E-state index in [1.807, 2.05) is 0 Å². The van der Waals surface area contributed by atoms with Crippen LogP contribution in [0.2, 0.25) is 0 Å². The summed E-state index contributed by atoms with van der Waals surface area (Å²) in [6.45, 7) is 3.77. The van der Waals surface area contributed by atoms with E-state index in [9.17, 15) is 9.59 Å². The molecule has 1 rings (SSSR count). The Labute approximate surface area is 110 Å². The first-order chi connectivity index (χ1) is 8.98. The zero-order valence-corrected chi connectivity index (χ0v) is 11.0. The number of carbonyl (C=O) groups excluding carboxylic acids is 1. The molecular weight excluding hydrogens is 252 g/mol. The normalized spacial score (nSPS) is 13.6. The molecule has 0 aliphatic heterocycles. The van der Waals surface area contributed by atoms with Gasteiger partial charge in [0, 0.05) is 19.5 Å². The number of amides is 2. The molecule has 0 aromatic carbocycles. The van der Waals surface area contributed by atoms with Gasteiger partial charge in [-0.05, 0) is 13.3 Å². The molecule has 1 heterocycles. The van der Waals surface area contributed by atoms with Crippen molar-refractivity contribution in [1.29, 1.82) is 0 Å². The Morgan fingerprint density at radius 3 is 2.74 bits per heavy atom. The van der Waals surface area contributed by atoms with Gasteiger partial charge in [-0.2, -0.15) is 4.98 Å². The van der Waals surface area contributed by atoms with Gasteiger partial charge in [0.2, 0.25) is 5.89 Å². The van der Waals surface area contributed by atoms with Crippen LogP contribution in [-0.4, -0.2) is 40.3 Å². The molecule has 1 atom stereocenters. The number of nitrogens with one attached hydrogen (secondary N) is 2. The molecule has 0 spiro atoms. The van der Waals surface area contributed by atoms with Gasteiger partial charge < -0.3 is 20.3 Å². The molecule has 1 unspecified atom stereocenters. The molecule has 3 N–H and O–H groups in total. The number of carboxylic acid groups (broad SMARTS) is 1. The van der Waals surface area contributed by atoms with Crippen LogP contribution in [-0.2, 0) is 11.2 Å². The van der Waals surface area contributed by atoms with Gasteiger partial charge in [0.1, 0.15) is 0 Å². The summed E-state index contributed by atoms with van der Waals surface area (Å²) in [6, 6.07) is -0.416. The summed E-state index contributed by atoms with van der Waals surface area (Å²) in [6.07, 6.45) is 2.15. The highest BCUT2D eigenvalue weighted by Crippen LogP contribution is 2.19. The summed E-state index contributed by atoms with van der Waals surface area (Å²) in [5.41, 5.74) is -0.955. The third kappa shape index (κ3) is 4.57. The Morgan fingerprint density at radius 2 is 2.21 bits per heavy atom. The van der Waals surface area contributed by atoms with Crippen LogP contribution in [0.5, 0.6) is 0 Å². The van der Waals surface area contributed by atoms with E-state index in [1.165, 1.54) is 6.33 Å². The van der Waals surface area contributed by atoms with Crippen molar-refractivity contribution in [2.45, 2.75) is 26.7 Å². The fourth-order valence-corrected chi connectivity index (χ4v) is 1.28. The van der Waals surface area contributed by atoms with Crippen molar-refractivity contribution in [3.63, 3.8) is 0 Å². The standard InChI is InChI=1S/C11H18N4O4/c1-3-11(2,9(16)17)6-13-10(18)12-5-4-8-14-7-15-19-8/h7H,3-6H2,1-2H3,(H,16,17)(H2,12,13,18). The number of nitrogens with zero attached hydrogens (tertiary/aromatic N) is 2. The zero-order chi connectivity index (χ0) is 14.3. The van der Waals surface area contributed by atoms with Crippen molar-refractivity contribution in [1.82, 2.24) is 20.8 Å². The van der Waals surface area contributed by atoms with E-state index < -0.39 is 17.4 Å². The lowest BCUT2D eigenvalue weighted by atomic mass is 9.88. The van der Waals surface area contributed by atoms with Gasteiger partial charge in [0.05, 0.1) is 5.41 Å². The van der Waals surface area contributed by atoms with Gasteiger partial charge in [-0.3, -0.25) is 4.79 Å². The Morgan fingerprint density at radius 1 is 1.47 bits per heavy atom. The number of carbonyl (C=O) groups is 2. The predicted molar refractivity (Wildman–Crippen MR) is 65.4 cm³/mol. The molecule has 0 saturated heterocycles. The van der Waals surface area contributed by atoms with Crippen LogP contribution < -0.4 is 10.6 Å². The van der Waals surface area contributed by atoms with Gasteiger partial charge in [-0.15, -0.1) is 0 Å². The van der Waals surface area contributed by atoms with Crippen LogP contribution in [0.25, 0.3) is 0 Å². The maximum absolute atomic E-state index is 11.5. The molecule has 19 heavy (non-hydrogen) atoms. The topological polar surface area (TPSA) is 117 Å². The molecule has 0 aliphatic carbocycles. The number of carboxylic acids is 1. The molecule has 0 radical (unpaired) electrons. The summed E-state index contributed by atoms with van der Waals surface area (Å²) >= 11 is 0. The first-order valence-electron chi connectivity index (χ1n) is 5.98. The number of rotatable bonds is 7. The summed E-state index contributed by atoms with van der Waals surface area (Å²) in [4.78, 5) is 26.3. The van der Waals surface area contributed by atoms with Crippen molar-refractivity contribution < 1.29 is 19.2 Å². The van der Waals surface area contributed by atoms with E-state index in [-0.39, 0.29) is 6.54 Å². The second kappa shape index (κ2) is 6.72. The Hall–Kier alpha value is -2.12. The first-order valence-corrected chi connectivity index (χ1v) is 5.98. The maximum Gasteiger partial charge on any atom is 0.314 e. The Balaban J connectivity index is 2.26. The number of hydrogen-bond acceptors (Lipinski definition) is 5. The number of aliphatic carboxylic acids is 1. The maximum atomic E-state index is 11.5. The summed E-state index contributed by atoms with van der Waals surface area (Å²) < 4.78 is 4.77. The molecule has 0 aliphatic rings.